The van der Waals surface area contributed by atoms with Gasteiger partial charge in [0.05, 0.1) is 5.69 Å². The van der Waals surface area contributed by atoms with Crippen LogP contribution >= 0.6 is 22.7 Å². The van der Waals surface area contributed by atoms with Crippen LogP contribution in [0.5, 0.6) is 0 Å². The van der Waals surface area contributed by atoms with Gasteiger partial charge in [0.2, 0.25) is 10.1 Å². The van der Waals surface area contributed by atoms with Gasteiger partial charge in [-0.2, -0.15) is 0 Å². The molecule has 0 spiro atoms. The fraction of sp³-hybridized carbons (Fsp3) is 0.333. The van der Waals surface area contributed by atoms with Crippen LogP contribution in [0.4, 0.5) is 10.3 Å². The highest BCUT2D eigenvalue weighted by Gasteiger charge is 2.14. The Hall–Kier alpha value is -1.54. The molecule has 2 heterocycles. The monoisotopic (exact) mass is 269 g/mol. The topological polar surface area (TPSA) is 79.8 Å². The number of amides is 1. The third-order valence-electron chi connectivity index (χ3n) is 2.08. The maximum Gasteiger partial charge on any atom is 0.288 e. The van der Waals surface area contributed by atoms with Crippen molar-refractivity contribution in [2.24, 2.45) is 0 Å². The van der Waals surface area contributed by atoms with E-state index in [1.165, 1.54) is 22.7 Å². The van der Waals surface area contributed by atoms with E-state index in [9.17, 15) is 4.79 Å². The molecule has 1 amide bonds. The predicted octanol–water partition coefficient (Wildman–Crippen LogP) is 1.91. The number of aromatic nitrogens is 3. The van der Waals surface area contributed by atoms with E-state index in [2.05, 4.69) is 25.8 Å². The number of hydrogen-bond acceptors (Lipinski definition) is 7. The molecule has 2 aromatic heterocycles. The Morgan fingerprint density at radius 1 is 1.18 bits per heavy atom. The molecule has 6 nitrogen and oxygen atoms in total. The number of aryl methyl sites for hydroxylation is 2. The van der Waals surface area contributed by atoms with Crippen molar-refractivity contribution in [2.45, 2.75) is 13.8 Å². The van der Waals surface area contributed by atoms with E-state index in [4.69, 9.17) is 0 Å². The van der Waals surface area contributed by atoms with Crippen LogP contribution in [-0.2, 0) is 0 Å². The molecule has 0 aliphatic carbocycles. The van der Waals surface area contributed by atoms with Gasteiger partial charge in [0, 0.05) is 11.9 Å². The minimum absolute atomic E-state index is 0.280. The van der Waals surface area contributed by atoms with Crippen molar-refractivity contribution in [3.8, 4) is 0 Å². The van der Waals surface area contributed by atoms with E-state index in [1.54, 1.807) is 7.05 Å². The highest BCUT2D eigenvalue weighted by atomic mass is 32.1. The van der Waals surface area contributed by atoms with Crippen LogP contribution in [0.1, 0.15) is 20.4 Å². The second-order valence-electron chi connectivity index (χ2n) is 3.28. The molecule has 0 aliphatic rings. The first-order chi connectivity index (χ1) is 8.10. The predicted molar refractivity (Wildman–Crippen MR) is 69.0 cm³/mol. The Labute approximate surface area is 106 Å². The summed E-state index contributed by atoms with van der Waals surface area (Å²) in [5.74, 6) is -0.280. The molecule has 0 saturated carbocycles. The van der Waals surface area contributed by atoms with Gasteiger partial charge < -0.3 is 5.32 Å². The molecule has 0 aliphatic heterocycles. The van der Waals surface area contributed by atoms with Crippen molar-refractivity contribution in [2.75, 3.05) is 17.7 Å². The lowest BCUT2D eigenvalue weighted by Gasteiger charge is -1.95. The summed E-state index contributed by atoms with van der Waals surface area (Å²) in [6, 6.07) is 0. The summed E-state index contributed by atoms with van der Waals surface area (Å²) in [7, 11) is 1.73. The Balaban J connectivity index is 2.11. The standard InChI is InChI=1S/C9H11N5OS2/c1-4-5(2)16-9(11-4)12-6(15)7-13-14-8(10-3)17-7/h1-3H3,(H,10,14)(H,11,12,15). The zero-order valence-corrected chi connectivity index (χ0v) is 11.2. The fourth-order valence-electron chi connectivity index (χ4n) is 1.09. The van der Waals surface area contributed by atoms with Crippen LogP contribution < -0.4 is 10.6 Å². The highest BCUT2D eigenvalue weighted by Crippen LogP contribution is 2.22. The van der Waals surface area contributed by atoms with Crippen molar-refractivity contribution in [1.82, 2.24) is 15.2 Å². The van der Waals surface area contributed by atoms with Gasteiger partial charge in [-0.05, 0) is 13.8 Å². The van der Waals surface area contributed by atoms with E-state index in [-0.39, 0.29) is 5.91 Å². The maximum atomic E-state index is 11.8. The molecule has 17 heavy (non-hydrogen) atoms. The molecule has 0 aromatic carbocycles. The molecule has 2 aromatic rings. The van der Waals surface area contributed by atoms with Gasteiger partial charge >= 0.3 is 0 Å². The Kier molecular flexibility index (Phi) is 3.34. The van der Waals surface area contributed by atoms with Gasteiger partial charge in [-0.25, -0.2) is 4.98 Å². The Morgan fingerprint density at radius 2 is 1.94 bits per heavy atom. The third kappa shape index (κ3) is 2.59. The number of carbonyl (C=O) groups excluding carboxylic acids is 1. The van der Waals surface area contributed by atoms with E-state index in [0.717, 1.165) is 10.6 Å². The average molecular weight is 269 g/mol. The number of anilines is 2. The molecule has 2 rings (SSSR count). The van der Waals surface area contributed by atoms with Crippen molar-refractivity contribution in [3.63, 3.8) is 0 Å². The van der Waals surface area contributed by atoms with Crippen LogP contribution in [-0.4, -0.2) is 28.1 Å². The summed E-state index contributed by atoms with van der Waals surface area (Å²) in [5.41, 5.74) is 0.929. The summed E-state index contributed by atoms with van der Waals surface area (Å²) in [6.45, 7) is 3.87. The molecular formula is C9H11N5OS2. The second-order valence-corrected chi connectivity index (χ2v) is 5.46. The number of nitrogens with one attached hydrogen (secondary N) is 2. The zero-order valence-electron chi connectivity index (χ0n) is 9.57. The first-order valence-electron chi connectivity index (χ1n) is 4.87. The molecular weight excluding hydrogens is 258 g/mol. The lowest BCUT2D eigenvalue weighted by atomic mass is 10.4. The highest BCUT2D eigenvalue weighted by molar-refractivity contribution is 7.17. The minimum Gasteiger partial charge on any atom is -0.363 e. The van der Waals surface area contributed by atoms with Crippen molar-refractivity contribution < 1.29 is 4.79 Å². The molecule has 0 unspecified atom stereocenters. The maximum absolute atomic E-state index is 11.8. The first kappa shape index (κ1) is 11.9. The largest absolute Gasteiger partial charge is 0.363 e. The van der Waals surface area contributed by atoms with Gasteiger partial charge in [-0.3, -0.25) is 10.1 Å². The Bertz CT molecular complexity index is 528. The summed E-state index contributed by atoms with van der Waals surface area (Å²) < 4.78 is 0. The van der Waals surface area contributed by atoms with Crippen LogP contribution in [0.25, 0.3) is 0 Å². The first-order valence-corrected chi connectivity index (χ1v) is 6.50. The summed E-state index contributed by atoms with van der Waals surface area (Å²) >= 11 is 2.65. The van der Waals surface area contributed by atoms with E-state index < -0.39 is 0 Å². The fourth-order valence-corrected chi connectivity index (χ4v) is 2.49. The quantitative estimate of drug-likeness (QED) is 0.889. The van der Waals surface area contributed by atoms with Gasteiger partial charge in [-0.15, -0.1) is 21.5 Å². The number of nitrogens with zero attached hydrogens (tertiary/aromatic N) is 3. The van der Waals surface area contributed by atoms with E-state index in [1.807, 2.05) is 13.8 Å². The molecule has 0 atom stereocenters. The van der Waals surface area contributed by atoms with Gasteiger partial charge in [0.25, 0.3) is 5.91 Å². The number of hydrogen-bond donors (Lipinski definition) is 2. The third-order valence-corrected chi connectivity index (χ3v) is 4.01. The number of thiazole rings is 1. The number of rotatable bonds is 3. The molecule has 8 heteroatoms. The summed E-state index contributed by atoms with van der Waals surface area (Å²) in [4.78, 5) is 17.1. The SMILES string of the molecule is CNc1nnc(C(=O)Nc2nc(C)c(C)s2)s1. The van der Waals surface area contributed by atoms with Crippen molar-refractivity contribution in [1.29, 1.82) is 0 Å². The van der Waals surface area contributed by atoms with Crippen molar-refractivity contribution >= 4 is 38.8 Å². The van der Waals surface area contributed by atoms with Crippen LogP contribution in [0.2, 0.25) is 0 Å². The van der Waals surface area contributed by atoms with Crippen molar-refractivity contribution in [3.05, 3.63) is 15.6 Å². The average Bonchev–Trinajstić information content (AvgIpc) is 2.87. The van der Waals surface area contributed by atoms with Gasteiger partial charge in [-0.1, -0.05) is 11.3 Å². The molecule has 0 radical (unpaired) electrons. The zero-order chi connectivity index (χ0) is 12.4. The molecule has 0 saturated heterocycles. The lowest BCUT2D eigenvalue weighted by Crippen LogP contribution is -2.11. The lowest BCUT2D eigenvalue weighted by molar-refractivity contribution is 0.102. The molecule has 0 bridgehead atoms. The van der Waals surface area contributed by atoms with Gasteiger partial charge in [0.15, 0.2) is 5.13 Å². The van der Waals surface area contributed by atoms with Gasteiger partial charge in [0.1, 0.15) is 0 Å². The normalized spacial score (nSPS) is 10.3. The second kappa shape index (κ2) is 4.76. The summed E-state index contributed by atoms with van der Waals surface area (Å²) in [6.07, 6.45) is 0. The molecule has 0 fully saturated rings. The smallest absolute Gasteiger partial charge is 0.288 e. The van der Waals surface area contributed by atoms with Crippen LogP contribution in [0, 0.1) is 13.8 Å². The minimum atomic E-state index is -0.280. The van der Waals surface area contributed by atoms with Crippen LogP contribution in [0.3, 0.4) is 0 Å². The summed E-state index contributed by atoms with van der Waals surface area (Å²) in [5, 5.41) is 14.6. The molecule has 2 N–H and O–H groups in total. The van der Waals surface area contributed by atoms with E-state index in [0.29, 0.717) is 15.3 Å². The Morgan fingerprint density at radius 3 is 2.47 bits per heavy atom. The molecule has 90 valence electrons. The number of carbonyl (C=O) groups is 1. The van der Waals surface area contributed by atoms with Crippen LogP contribution in [0.15, 0.2) is 0 Å². The van der Waals surface area contributed by atoms with E-state index >= 15 is 0 Å².